The summed E-state index contributed by atoms with van der Waals surface area (Å²) in [7, 11) is -0.545. The van der Waals surface area contributed by atoms with Crippen LogP contribution in [-0.4, -0.2) is 27.8 Å². The van der Waals surface area contributed by atoms with Gasteiger partial charge < -0.3 is 5.32 Å². The molecule has 0 bridgehead atoms. The van der Waals surface area contributed by atoms with Crippen molar-refractivity contribution in [1.29, 1.82) is 0 Å². The molecule has 1 fully saturated rings. The summed E-state index contributed by atoms with van der Waals surface area (Å²) in [5.41, 5.74) is 0. The maximum atomic E-state index is 12.0. The molecule has 0 heterocycles. The zero-order chi connectivity index (χ0) is 11.8. The number of rotatable bonds is 8. The Morgan fingerprint density at radius 2 is 2.00 bits per heavy atom. The Hall–Kier alpha value is 0.110. The normalized spacial score (nSPS) is 21.1. The molecule has 16 heavy (non-hydrogen) atoms. The highest BCUT2D eigenvalue weighted by Crippen LogP contribution is 2.23. The Balaban J connectivity index is 2.11. The molecule has 0 amide bonds. The van der Waals surface area contributed by atoms with E-state index in [0.717, 1.165) is 18.7 Å². The van der Waals surface area contributed by atoms with Crippen LogP contribution in [0.5, 0.6) is 0 Å². The van der Waals surface area contributed by atoms with E-state index in [0.29, 0.717) is 11.3 Å². The van der Waals surface area contributed by atoms with Crippen LogP contribution in [0.3, 0.4) is 0 Å². The van der Waals surface area contributed by atoms with Crippen molar-refractivity contribution in [1.82, 2.24) is 5.32 Å². The topological polar surface area (TPSA) is 29.1 Å². The summed E-state index contributed by atoms with van der Waals surface area (Å²) >= 11 is 0. The van der Waals surface area contributed by atoms with E-state index in [-0.39, 0.29) is 0 Å². The van der Waals surface area contributed by atoms with Crippen molar-refractivity contribution in [3.8, 4) is 0 Å². The predicted octanol–water partition coefficient (Wildman–Crippen LogP) is 2.85. The summed E-state index contributed by atoms with van der Waals surface area (Å²) in [6.07, 6.45) is 8.49. The minimum atomic E-state index is -0.545. The molecule has 2 nitrogen and oxygen atoms in total. The third kappa shape index (κ3) is 4.96. The van der Waals surface area contributed by atoms with Crippen molar-refractivity contribution in [2.75, 3.05) is 12.3 Å². The smallest absolute Gasteiger partial charge is 0.0348 e. The standard InChI is InChI=1S/C13H27NOS/c1-3-12(14-4-2)8-7-11-16(15)13-9-5-6-10-13/h12-14H,3-11H2,1-2H3. The molecular weight excluding hydrogens is 218 g/mol. The first-order valence-electron chi connectivity index (χ1n) is 6.88. The highest BCUT2D eigenvalue weighted by molar-refractivity contribution is 7.85. The van der Waals surface area contributed by atoms with Crippen LogP contribution in [0.1, 0.15) is 58.8 Å². The summed E-state index contributed by atoms with van der Waals surface area (Å²) in [6.45, 7) is 5.42. The third-order valence-corrected chi connectivity index (χ3v) is 5.46. The average molecular weight is 245 g/mol. The summed E-state index contributed by atoms with van der Waals surface area (Å²) in [6, 6.07) is 0.630. The van der Waals surface area contributed by atoms with Gasteiger partial charge in [-0.3, -0.25) is 4.21 Å². The van der Waals surface area contributed by atoms with Gasteiger partial charge in [0.2, 0.25) is 0 Å². The molecule has 2 atom stereocenters. The van der Waals surface area contributed by atoms with Crippen LogP contribution in [0.25, 0.3) is 0 Å². The summed E-state index contributed by atoms with van der Waals surface area (Å²) in [5, 5.41) is 4.00. The Kier molecular flexibility index (Phi) is 7.30. The summed E-state index contributed by atoms with van der Waals surface area (Å²) in [4.78, 5) is 0. The van der Waals surface area contributed by atoms with E-state index in [1.165, 1.54) is 38.5 Å². The molecule has 0 aliphatic heterocycles. The zero-order valence-corrected chi connectivity index (χ0v) is 11.7. The van der Waals surface area contributed by atoms with Crippen molar-refractivity contribution in [3.05, 3.63) is 0 Å². The summed E-state index contributed by atoms with van der Waals surface area (Å²) < 4.78 is 12.0. The fraction of sp³-hybridized carbons (Fsp3) is 1.00. The molecule has 96 valence electrons. The van der Waals surface area contributed by atoms with Crippen molar-refractivity contribution in [2.45, 2.75) is 70.1 Å². The van der Waals surface area contributed by atoms with Gasteiger partial charge in [0.15, 0.2) is 0 Å². The van der Waals surface area contributed by atoms with Gasteiger partial charge >= 0.3 is 0 Å². The molecule has 0 aromatic heterocycles. The van der Waals surface area contributed by atoms with Crippen molar-refractivity contribution in [2.24, 2.45) is 0 Å². The van der Waals surface area contributed by atoms with Gasteiger partial charge in [-0.1, -0.05) is 26.7 Å². The van der Waals surface area contributed by atoms with E-state index in [4.69, 9.17) is 0 Å². The maximum Gasteiger partial charge on any atom is 0.0348 e. The monoisotopic (exact) mass is 245 g/mol. The Labute approximate surface area is 103 Å². The van der Waals surface area contributed by atoms with E-state index in [1.807, 2.05) is 0 Å². The van der Waals surface area contributed by atoms with Gasteiger partial charge in [0.25, 0.3) is 0 Å². The van der Waals surface area contributed by atoms with Gasteiger partial charge in [-0.05, 0) is 38.6 Å². The molecule has 0 aromatic rings. The number of hydrogen-bond acceptors (Lipinski definition) is 2. The largest absolute Gasteiger partial charge is 0.314 e. The van der Waals surface area contributed by atoms with Gasteiger partial charge in [0.1, 0.15) is 0 Å². The molecule has 1 aliphatic rings. The lowest BCUT2D eigenvalue weighted by Gasteiger charge is -2.16. The minimum absolute atomic E-state index is 0.527. The second-order valence-corrected chi connectivity index (χ2v) is 6.63. The lowest BCUT2D eigenvalue weighted by molar-refractivity contribution is 0.476. The fourth-order valence-corrected chi connectivity index (χ4v) is 4.17. The van der Waals surface area contributed by atoms with Crippen LogP contribution >= 0.6 is 0 Å². The fourth-order valence-electron chi connectivity index (χ4n) is 2.53. The predicted molar refractivity (Wildman–Crippen MR) is 72.3 cm³/mol. The molecule has 0 radical (unpaired) electrons. The van der Waals surface area contributed by atoms with Crippen LogP contribution in [0.4, 0.5) is 0 Å². The molecule has 1 aliphatic carbocycles. The van der Waals surface area contributed by atoms with E-state index >= 15 is 0 Å². The van der Waals surface area contributed by atoms with Gasteiger partial charge in [-0.25, -0.2) is 0 Å². The van der Waals surface area contributed by atoms with Crippen LogP contribution < -0.4 is 5.32 Å². The Morgan fingerprint density at radius 3 is 2.56 bits per heavy atom. The zero-order valence-electron chi connectivity index (χ0n) is 10.8. The molecule has 0 saturated heterocycles. The van der Waals surface area contributed by atoms with Gasteiger partial charge in [0.05, 0.1) is 0 Å². The molecular formula is C13H27NOS. The van der Waals surface area contributed by atoms with Crippen LogP contribution in [0.15, 0.2) is 0 Å². The van der Waals surface area contributed by atoms with E-state index in [9.17, 15) is 4.21 Å². The van der Waals surface area contributed by atoms with Gasteiger partial charge in [-0.2, -0.15) is 0 Å². The van der Waals surface area contributed by atoms with E-state index in [1.54, 1.807) is 0 Å². The Morgan fingerprint density at radius 1 is 1.31 bits per heavy atom. The highest BCUT2D eigenvalue weighted by Gasteiger charge is 2.20. The second kappa shape index (κ2) is 8.24. The number of hydrogen-bond donors (Lipinski definition) is 1. The lowest BCUT2D eigenvalue weighted by atomic mass is 10.1. The number of nitrogens with one attached hydrogen (secondary N) is 1. The van der Waals surface area contributed by atoms with Gasteiger partial charge in [0, 0.05) is 27.8 Å². The molecule has 2 unspecified atom stereocenters. The first-order chi connectivity index (χ1) is 7.77. The van der Waals surface area contributed by atoms with Crippen LogP contribution in [-0.2, 0) is 10.8 Å². The Bertz CT molecular complexity index is 202. The van der Waals surface area contributed by atoms with E-state index < -0.39 is 10.8 Å². The van der Waals surface area contributed by atoms with Crippen molar-refractivity contribution < 1.29 is 4.21 Å². The third-order valence-electron chi connectivity index (χ3n) is 3.56. The molecule has 1 saturated carbocycles. The summed E-state index contributed by atoms with van der Waals surface area (Å²) in [5.74, 6) is 0.923. The quantitative estimate of drug-likeness (QED) is 0.712. The first-order valence-corrected chi connectivity index (χ1v) is 8.26. The van der Waals surface area contributed by atoms with Crippen molar-refractivity contribution in [3.63, 3.8) is 0 Å². The minimum Gasteiger partial charge on any atom is -0.314 e. The van der Waals surface area contributed by atoms with Crippen LogP contribution in [0, 0.1) is 0 Å². The first kappa shape index (κ1) is 14.2. The maximum absolute atomic E-state index is 12.0. The SMILES string of the molecule is CCNC(CC)CCCS(=O)C1CCCC1. The average Bonchev–Trinajstić information content (AvgIpc) is 2.81. The van der Waals surface area contributed by atoms with E-state index in [2.05, 4.69) is 19.2 Å². The lowest BCUT2D eigenvalue weighted by Crippen LogP contribution is -2.28. The van der Waals surface area contributed by atoms with Crippen molar-refractivity contribution >= 4 is 10.8 Å². The molecule has 1 N–H and O–H groups in total. The van der Waals surface area contributed by atoms with Gasteiger partial charge in [-0.15, -0.1) is 0 Å². The highest BCUT2D eigenvalue weighted by atomic mass is 32.2. The molecule has 0 aromatic carbocycles. The van der Waals surface area contributed by atoms with Crippen LogP contribution in [0.2, 0.25) is 0 Å². The molecule has 3 heteroatoms. The second-order valence-electron chi connectivity index (χ2n) is 4.80. The molecule has 0 spiro atoms. The molecule has 1 rings (SSSR count).